The summed E-state index contributed by atoms with van der Waals surface area (Å²) >= 11 is 0. The number of esters is 1. The molecule has 0 spiro atoms. The highest BCUT2D eigenvalue weighted by molar-refractivity contribution is 7.86. The lowest BCUT2D eigenvalue weighted by atomic mass is 10.1. The lowest BCUT2D eigenvalue weighted by Crippen LogP contribution is -2.11. The van der Waals surface area contributed by atoms with Gasteiger partial charge in [-0.05, 0) is 48.6 Å². The summed E-state index contributed by atoms with van der Waals surface area (Å²) in [6.45, 7) is 3.27. The smallest absolute Gasteiger partial charge is 0.302 e. The molecular weight excluding hydrogens is 371 g/mol. The van der Waals surface area contributed by atoms with E-state index in [4.69, 9.17) is 8.92 Å². The van der Waals surface area contributed by atoms with Crippen molar-refractivity contribution in [1.29, 1.82) is 0 Å². The van der Waals surface area contributed by atoms with Gasteiger partial charge in [-0.1, -0.05) is 29.8 Å². The molecule has 0 unspecified atom stereocenters. The third-order valence-electron chi connectivity index (χ3n) is 4.77. The van der Waals surface area contributed by atoms with Crippen LogP contribution in [0.15, 0.2) is 53.4 Å². The van der Waals surface area contributed by atoms with E-state index in [1.807, 2.05) is 6.92 Å². The number of hydrogen-bond donors (Lipinski definition) is 0. The normalized spacial score (nSPS) is 21.7. The van der Waals surface area contributed by atoms with Gasteiger partial charge in [-0.15, -0.1) is 0 Å². The molecule has 0 radical (unpaired) electrons. The fourth-order valence-electron chi connectivity index (χ4n) is 3.26. The fourth-order valence-corrected chi connectivity index (χ4v) is 4.20. The Kier molecular flexibility index (Phi) is 5.62. The van der Waals surface area contributed by atoms with Crippen LogP contribution in [-0.2, 0) is 23.8 Å². The quantitative estimate of drug-likeness (QED) is 0.533. The average Bonchev–Trinajstić information content (AvgIpc) is 3.32. The van der Waals surface area contributed by atoms with E-state index in [0.717, 1.165) is 11.1 Å². The minimum absolute atomic E-state index is 0.0523. The van der Waals surface area contributed by atoms with Crippen molar-refractivity contribution >= 4 is 16.1 Å². The van der Waals surface area contributed by atoms with E-state index >= 15 is 0 Å². The van der Waals surface area contributed by atoms with Gasteiger partial charge < -0.3 is 4.74 Å². The number of benzene rings is 2. The summed E-state index contributed by atoms with van der Waals surface area (Å²) in [5.74, 6) is -1.17. The van der Waals surface area contributed by atoms with E-state index < -0.39 is 16.1 Å². The summed E-state index contributed by atoms with van der Waals surface area (Å²) in [5.41, 5.74) is 1.69. The number of hydrogen-bond acceptors (Lipinski definition) is 5. The summed E-state index contributed by atoms with van der Waals surface area (Å²) in [6, 6.07) is 12.5. The SMILES string of the molecule is CC(=O)OC[C@H]1[C@@H](COS(=O)(=O)c2ccc(C)cc2)[C@@H]1c1cccc(F)c1. The largest absolute Gasteiger partial charge is 0.466 e. The predicted molar refractivity (Wildman–Crippen MR) is 97.1 cm³/mol. The van der Waals surface area contributed by atoms with Crippen molar-refractivity contribution in [3.05, 3.63) is 65.5 Å². The Balaban J connectivity index is 1.71. The van der Waals surface area contributed by atoms with Gasteiger partial charge in [-0.25, -0.2) is 4.39 Å². The third-order valence-corrected chi connectivity index (χ3v) is 6.07. The first-order valence-corrected chi connectivity index (χ1v) is 10.0. The van der Waals surface area contributed by atoms with Crippen LogP contribution in [0.1, 0.15) is 24.0 Å². The van der Waals surface area contributed by atoms with Crippen LogP contribution in [0.3, 0.4) is 0 Å². The Morgan fingerprint density at radius 2 is 1.74 bits per heavy atom. The predicted octanol–water partition coefficient (Wildman–Crippen LogP) is 3.43. The molecule has 0 aliphatic heterocycles. The van der Waals surface area contributed by atoms with E-state index in [0.29, 0.717) is 0 Å². The van der Waals surface area contributed by atoms with Crippen LogP contribution in [0.4, 0.5) is 4.39 Å². The van der Waals surface area contributed by atoms with Gasteiger partial charge in [0.15, 0.2) is 0 Å². The molecule has 3 rings (SSSR count). The van der Waals surface area contributed by atoms with Gasteiger partial charge in [0.1, 0.15) is 5.82 Å². The highest BCUT2D eigenvalue weighted by Gasteiger charge is 2.52. The third kappa shape index (κ3) is 4.73. The van der Waals surface area contributed by atoms with E-state index in [1.165, 1.54) is 31.2 Å². The van der Waals surface area contributed by atoms with Crippen LogP contribution in [0, 0.1) is 24.6 Å². The lowest BCUT2D eigenvalue weighted by molar-refractivity contribution is -0.141. The van der Waals surface area contributed by atoms with Gasteiger partial charge in [-0.3, -0.25) is 8.98 Å². The first kappa shape index (κ1) is 19.5. The van der Waals surface area contributed by atoms with Crippen molar-refractivity contribution in [2.45, 2.75) is 24.7 Å². The molecule has 2 aromatic rings. The molecule has 27 heavy (non-hydrogen) atoms. The zero-order chi connectivity index (χ0) is 19.6. The van der Waals surface area contributed by atoms with E-state index in [1.54, 1.807) is 24.3 Å². The highest BCUT2D eigenvalue weighted by atomic mass is 32.2. The monoisotopic (exact) mass is 392 g/mol. The van der Waals surface area contributed by atoms with Crippen molar-refractivity contribution in [2.24, 2.45) is 11.8 Å². The maximum atomic E-state index is 13.5. The number of carbonyl (C=O) groups is 1. The molecule has 1 aliphatic rings. The molecule has 3 atom stereocenters. The van der Waals surface area contributed by atoms with Gasteiger partial charge >= 0.3 is 5.97 Å². The summed E-state index contributed by atoms with van der Waals surface area (Å²) in [6.07, 6.45) is 0. The molecule has 2 aromatic carbocycles. The van der Waals surface area contributed by atoms with Crippen molar-refractivity contribution < 1.29 is 26.5 Å². The molecule has 5 nitrogen and oxygen atoms in total. The second kappa shape index (κ2) is 7.78. The Bertz CT molecular complexity index is 924. The minimum atomic E-state index is -3.88. The Morgan fingerprint density at radius 3 is 2.37 bits per heavy atom. The van der Waals surface area contributed by atoms with Gasteiger partial charge in [-0.2, -0.15) is 8.42 Å². The number of halogens is 1. The van der Waals surface area contributed by atoms with Crippen LogP contribution in [-0.4, -0.2) is 27.6 Å². The Hall–Kier alpha value is -2.25. The molecule has 7 heteroatoms. The minimum Gasteiger partial charge on any atom is -0.466 e. The van der Waals surface area contributed by atoms with E-state index in [9.17, 15) is 17.6 Å². The van der Waals surface area contributed by atoms with Crippen LogP contribution < -0.4 is 0 Å². The molecule has 1 saturated carbocycles. The van der Waals surface area contributed by atoms with Crippen molar-refractivity contribution in [3.8, 4) is 0 Å². The first-order valence-electron chi connectivity index (χ1n) is 8.63. The molecule has 1 fully saturated rings. The maximum absolute atomic E-state index is 13.5. The van der Waals surface area contributed by atoms with Gasteiger partial charge in [0.05, 0.1) is 18.1 Å². The summed E-state index contributed by atoms with van der Waals surface area (Å²) in [7, 11) is -3.88. The Morgan fingerprint density at radius 1 is 1.07 bits per heavy atom. The molecule has 0 heterocycles. The molecular formula is C20H21FO5S. The van der Waals surface area contributed by atoms with Crippen molar-refractivity contribution in [1.82, 2.24) is 0 Å². The first-order chi connectivity index (χ1) is 12.8. The second-order valence-corrected chi connectivity index (χ2v) is 8.38. The van der Waals surface area contributed by atoms with Crippen LogP contribution in [0.2, 0.25) is 0 Å². The standard InChI is InChI=1S/C20H21FO5S/c1-13-6-8-17(9-7-13)27(23,24)26-12-19-18(11-25-14(2)22)20(19)15-4-3-5-16(21)10-15/h3-10,18-20H,11-12H2,1-2H3/t18-,19+,20+/m0/s1. The second-order valence-electron chi connectivity index (χ2n) is 6.76. The van der Waals surface area contributed by atoms with Crippen molar-refractivity contribution in [2.75, 3.05) is 13.2 Å². The van der Waals surface area contributed by atoms with Crippen molar-refractivity contribution in [3.63, 3.8) is 0 Å². The zero-order valence-electron chi connectivity index (χ0n) is 15.1. The zero-order valence-corrected chi connectivity index (χ0v) is 15.9. The molecule has 0 N–H and O–H groups in total. The fraction of sp³-hybridized carbons (Fsp3) is 0.350. The number of rotatable bonds is 7. The van der Waals surface area contributed by atoms with Gasteiger partial charge in [0, 0.05) is 12.8 Å². The van der Waals surface area contributed by atoms with Crippen LogP contribution in [0.25, 0.3) is 0 Å². The lowest BCUT2D eigenvalue weighted by Gasteiger charge is -2.06. The summed E-state index contributed by atoms with van der Waals surface area (Å²) in [4.78, 5) is 11.2. The van der Waals surface area contributed by atoms with Crippen LogP contribution in [0.5, 0.6) is 0 Å². The van der Waals surface area contributed by atoms with E-state index in [-0.39, 0.29) is 41.7 Å². The molecule has 0 aromatic heterocycles. The number of aryl methyl sites for hydroxylation is 1. The molecule has 1 aliphatic carbocycles. The maximum Gasteiger partial charge on any atom is 0.302 e. The highest BCUT2D eigenvalue weighted by Crippen LogP contribution is 2.54. The molecule has 0 amide bonds. The number of ether oxygens (including phenoxy) is 1. The van der Waals surface area contributed by atoms with Crippen LogP contribution >= 0.6 is 0 Å². The summed E-state index contributed by atoms with van der Waals surface area (Å²) in [5, 5.41) is 0. The van der Waals surface area contributed by atoms with E-state index in [2.05, 4.69) is 0 Å². The van der Waals surface area contributed by atoms with Gasteiger partial charge in [0.2, 0.25) is 0 Å². The summed E-state index contributed by atoms with van der Waals surface area (Å²) < 4.78 is 48.6. The average molecular weight is 392 g/mol. The number of carbonyl (C=O) groups excluding carboxylic acids is 1. The topological polar surface area (TPSA) is 69.7 Å². The van der Waals surface area contributed by atoms with Gasteiger partial charge in [0.25, 0.3) is 10.1 Å². The molecule has 0 bridgehead atoms. The Labute approximate surface area is 158 Å². The molecule has 0 saturated heterocycles. The molecule has 144 valence electrons.